The van der Waals surface area contributed by atoms with Crippen LogP contribution in [0.1, 0.15) is 11.6 Å². The minimum absolute atomic E-state index is 0.345. The third-order valence-corrected chi connectivity index (χ3v) is 3.79. The lowest BCUT2D eigenvalue weighted by molar-refractivity contribution is -0.141. The Hall–Kier alpha value is -1.59. The van der Waals surface area contributed by atoms with Crippen molar-refractivity contribution in [3.63, 3.8) is 0 Å². The van der Waals surface area contributed by atoms with Crippen LogP contribution in [0.2, 0.25) is 5.02 Å². The molecule has 0 aliphatic rings. The maximum Gasteiger partial charge on any atom is 0.333 e. The van der Waals surface area contributed by atoms with Crippen molar-refractivity contribution in [2.24, 2.45) is 0 Å². The molecule has 1 atom stereocenters. The molecule has 21 heavy (non-hydrogen) atoms. The highest BCUT2D eigenvalue weighted by Crippen LogP contribution is 2.30. The van der Waals surface area contributed by atoms with Gasteiger partial charge >= 0.3 is 5.97 Å². The molecule has 0 heterocycles. The van der Waals surface area contributed by atoms with Gasteiger partial charge in [-0.15, -0.1) is 0 Å². The zero-order valence-corrected chi connectivity index (χ0v) is 13.4. The van der Waals surface area contributed by atoms with Gasteiger partial charge in [-0.1, -0.05) is 33.6 Å². The van der Waals surface area contributed by atoms with Gasteiger partial charge in [0.2, 0.25) is 0 Å². The molecule has 0 aliphatic carbocycles. The van der Waals surface area contributed by atoms with Crippen molar-refractivity contribution in [1.29, 1.82) is 0 Å². The number of carbonyl (C=O) groups is 1. The monoisotopic (exact) mass is 371 g/mol. The second kappa shape index (κ2) is 6.91. The molecule has 0 amide bonds. The molecule has 2 rings (SSSR count). The average molecular weight is 373 g/mol. The van der Waals surface area contributed by atoms with Crippen molar-refractivity contribution >= 4 is 39.2 Å². The van der Waals surface area contributed by atoms with Gasteiger partial charge in [0.25, 0.3) is 0 Å². The fourth-order valence-corrected chi connectivity index (χ4v) is 2.74. The number of carbonyl (C=O) groups excluding carboxylic acids is 1. The van der Waals surface area contributed by atoms with Crippen LogP contribution in [-0.2, 0) is 9.53 Å². The van der Waals surface area contributed by atoms with Crippen molar-refractivity contribution in [1.82, 2.24) is 0 Å². The van der Waals surface area contributed by atoms with E-state index in [0.29, 0.717) is 20.7 Å². The summed E-state index contributed by atoms with van der Waals surface area (Å²) in [7, 11) is 1.31. The summed E-state index contributed by atoms with van der Waals surface area (Å²) in [6.45, 7) is 0. The number of benzene rings is 2. The van der Waals surface area contributed by atoms with Gasteiger partial charge in [0.05, 0.1) is 7.11 Å². The second-order valence-electron chi connectivity index (χ2n) is 4.27. The van der Waals surface area contributed by atoms with Crippen molar-refractivity contribution in [3.8, 4) is 0 Å². The number of rotatable bonds is 4. The number of ether oxygens (including phenoxy) is 1. The van der Waals surface area contributed by atoms with Gasteiger partial charge in [-0.2, -0.15) is 0 Å². The topological polar surface area (TPSA) is 38.3 Å². The highest BCUT2D eigenvalue weighted by molar-refractivity contribution is 9.10. The van der Waals surface area contributed by atoms with Crippen LogP contribution < -0.4 is 5.32 Å². The molecule has 1 N–H and O–H groups in total. The molecular formula is C15H12BrClFNO2. The first-order valence-electron chi connectivity index (χ1n) is 6.06. The number of hydrogen-bond acceptors (Lipinski definition) is 3. The summed E-state index contributed by atoms with van der Waals surface area (Å²) in [6, 6.07) is 10.1. The Kier molecular flexibility index (Phi) is 5.20. The lowest BCUT2D eigenvalue weighted by atomic mass is 10.1. The van der Waals surface area contributed by atoms with Gasteiger partial charge in [-0.3, -0.25) is 0 Å². The van der Waals surface area contributed by atoms with Gasteiger partial charge in [0.15, 0.2) is 6.04 Å². The zero-order chi connectivity index (χ0) is 15.4. The molecule has 0 aliphatic heterocycles. The Balaban J connectivity index is 2.34. The Labute approximate surface area is 135 Å². The summed E-state index contributed by atoms with van der Waals surface area (Å²) in [5.41, 5.74) is 1.28. The van der Waals surface area contributed by atoms with Crippen molar-refractivity contribution in [3.05, 3.63) is 63.3 Å². The Morgan fingerprint density at radius 3 is 2.52 bits per heavy atom. The third kappa shape index (κ3) is 3.95. The summed E-state index contributed by atoms with van der Waals surface area (Å²) < 4.78 is 18.4. The van der Waals surface area contributed by atoms with Crippen molar-refractivity contribution in [2.45, 2.75) is 6.04 Å². The molecule has 2 aromatic rings. The maximum absolute atomic E-state index is 12.9. The summed E-state index contributed by atoms with van der Waals surface area (Å²) >= 11 is 9.28. The SMILES string of the molecule is COC(=O)C(Nc1ccc(F)cc1)c1ccc(Cl)cc1Br. The molecule has 110 valence electrons. The molecule has 6 heteroatoms. The molecule has 0 fully saturated rings. The van der Waals surface area contributed by atoms with E-state index in [1.807, 2.05) is 0 Å². The number of methoxy groups -OCH3 is 1. The number of esters is 1. The summed E-state index contributed by atoms with van der Waals surface area (Å²) in [6.07, 6.45) is 0. The van der Waals surface area contributed by atoms with Crippen LogP contribution in [0, 0.1) is 5.82 Å². The van der Waals surface area contributed by atoms with Gasteiger partial charge in [-0.25, -0.2) is 9.18 Å². The van der Waals surface area contributed by atoms with Crippen LogP contribution >= 0.6 is 27.5 Å². The van der Waals surface area contributed by atoms with E-state index in [0.717, 1.165) is 0 Å². The third-order valence-electron chi connectivity index (χ3n) is 2.87. The van der Waals surface area contributed by atoms with Gasteiger partial charge < -0.3 is 10.1 Å². The quantitative estimate of drug-likeness (QED) is 0.799. The normalized spacial score (nSPS) is 11.8. The molecular weight excluding hydrogens is 361 g/mol. The van der Waals surface area contributed by atoms with Gasteiger partial charge in [-0.05, 0) is 42.0 Å². The fraction of sp³-hybridized carbons (Fsp3) is 0.133. The van der Waals surface area contributed by atoms with E-state index in [2.05, 4.69) is 21.2 Å². The van der Waals surface area contributed by atoms with Crippen molar-refractivity contribution in [2.75, 3.05) is 12.4 Å². The van der Waals surface area contributed by atoms with Crippen LogP contribution in [0.3, 0.4) is 0 Å². The van der Waals surface area contributed by atoms with Crippen LogP contribution in [0.4, 0.5) is 10.1 Å². The van der Waals surface area contributed by atoms with E-state index >= 15 is 0 Å². The second-order valence-corrected chi connectivity index (χ2v) is 5.56. The minimum atomic E-state index is -0.730. The predicted molar refractivity (Wildman–Crippen MR) is 83.9 cm³/mol. The van der Waals surface area contributed by atoms with E-state index in [9.17, 15) is 9.18 Å². The number of hydrogen-bond donors (Lipinski definition) is 1. The smallest absolute Gasteiger partial charge is 0.333 e. The summed E-state index contributed by atoms with van der Waals surface area (Å²) in [4.78, 5) is 12.0. The highest BCUT2D eigenvalue weighted by Gasteiger charge is 2.23. The standard InChI is InChI=1S/C15H12BrClFNO2/c1-21-15(20)14(12-7-2-9(17)8-13(12)16)19-11-5-3-10(18)4-6-11/h2-8,14,19H,1H3. The summed E-state index contributed by atoms with van der Waals surface area (Å²) in [5.74, 6) is -0.801. The molecule has 2 aromatic carbocycles. The minimum Gasteiger partial charge on any atom is -0.467 e. The Morgan fingerprint density at radius 1 is 1.29 bits per heavy atom. The van der Waals surface area contributed by atoms with Crippen LogP contribution in [0.25, 0.3) is 0 Å². The van der Waals surface area contributed by atoms with Gasteiger partial charge in [0, 0.05) is 15.2 Å². The Morgan fingerprint density at radius 2 is 1.95 bits per heavy atom. The van der Waals surface area contributed by atoms with E-state index in [-0.39, 0.29) is 5.82 Å². The first kappa shape index (κ1) is 15.8. The van der Waals surface area contributed by atoms with E-state index in [1.54, 1.807) is 30.3 Å². The van der Waals surface area contributed by atoms with Crippen LogP contribution in [-0.4, -0.2) is 13.1 Å². The highest BCUT2D eigenvalue weighted by atomic mass is 79.9. The number of nitrogens with one attached hydrogen (secondary N) is 1. The summed E-state index contributed by atoms with van der Waals surface area (Å²) in [5, 5.41) is 3.57. The number of halogens is 3. The zero-order valence-electron chi connectivity index (χ0n) is 11.1. The van der Waals surface area contributed by atoms with E-state index in [1.165, 1.54) is 19.2 Å². The van der Waals surface area contributed by atoms with Crippen LogP contribution in [0.15, 0.2) is 46.9 Å². The first-order valence-corrected chi connectivity index (χ1v) is 7.23. The maximum atomic E-state index is 12.9. The molecule has 0 saturated carbocycles. The predicted octanol–water partition coefficient (Wildman–Crippen LogP) is 4.57. The van der Waals surface area contributed by atoms with Crippen LogP contribution in [0.5, 0.6) is 0 Å². The van der Waals surface area contributed by atoms with E-state index in [4.69, 9.17) is 16.3 Å². The lowest BCUT2D eigenvalue weighted by Gasteiger charge is -2.19. The molecule has 0 spiro atoms. The van der Waals surface area contributed by atoms with Gasteiger partial charge in [0.1, 0.15) is 5.82 Å². The van der Waals surface area contributed by atoms with E-state index < -0.39 is 12.0 Å². The molecule has 0 aromatic heterocycles. The molecule has 0 bridgehead atoms. The molecule has 0 radical (unpaired) electrons. The molecule has 1 unspecified atom stereocenters. The molecule has 3 nitrogen and oxygen atoms in total. The Bertz CT molecular complexity index is 649. The largest absolute Gasteiger partial charge is 0.467 e. The fourth-order valence-electron chi connectivity index (χ4n) is 1.83. The lowest BCUT2D eigenvalue weighted by Crippen LogP contribution is -2.22. The number of anilines is 1. The van der Waals surface area contributed by atoms with Crippen molar-refractivity contribution < 1.29 is 13.9 Å². The first-order chi connectivity index (χ1) is 10.0. The average Bonchev–Trinajstić information content (AvgIpc) is 2.47. The molecule has 0 saturated heterocycles.